The highest BCUT2D eigenvalue weighted by atomic mass is 35.5. The first-order valence-electron chi connectivity index (χ1n) is 7.79. The fourth-order valence-electron chi connectivity index (χ4n) is 3.59. The molecule has 3 atom stereocenters. The van der Waals surface area contributed by atoms with Gasteiger partial charge in [0, 0.05) is 6.04 Å². The van der Waals surface area contributed by atoms with Crippen LogP contribution in [0.1, 0.15) is 50.6 Å². The number of hydrogen-bond acceptors (Lipinski definition) is 3. The van der Waals surface area contributed by atoms with Crippen LogP contribution >= 0.6 is 11.6 Å². The minimum atomic E-state index is 0.00700. The van der Waals surface area contributed by atoms with Crippen LogP contribution in [0.3, 0.4) is 0 Å². The van der Waals surface area contributed by atoms with Gasteiger partial charge in [0.25, 0.3) is 0 Å². The minimum Gasteiger partial charge on any atom is -0.493 e. The molecule has 2 rings (SSSR count). The van der Waals surface area contributed by atoms with Gasteiger partial charge in [0.05, 0.1) is 19.2 Å². The van der Waals surface area contributed by atoms with Crippen LogP contribution in [-0.4, -0.2) is 14.2 Å². The van der Waals surface area contributed by atoms with Gasteiger partial charge in [-0.2, -0.15) is 0 Å². The number of halogens is 1. The maximum Gasteiger partial charge on any atom is 0.179 e. The van der Waals surface area contributed by atoms with Gasteiger partial charge >= 0.3 is 0 Å². The first kappa shape index (κ1) is 16.4. The van der Waals surface area contributed by atoms with E-state index < -0.39 is 0 Å². The zero-order chi connectivity index (χ0) is 15.4. The highest BCUT2D eigenvalue weighted by molar-refractivity contribution is 6.32. The van der Waals surface area contributed by atoms with Gasteiger partial charge in [-0.05, 0) is 36.0 Å². The molecule has 3 unspecified atom stereocenters. The number of benzene rings is 1. The summed E-state index contributed by atoms with van der Waals surface area (Å²) in [5.41, 5.74) is 7.61. The van der Waals surface area contributed by atoms with Crippen molar-refractivity contribution in [3.05, 3.63) is 22.7 Å². The van der Waals surface area contributed by atoms with Crippen molar-refractivity contribution in [2.24, 2.45) is 17.6 Å². The molecule has 0 aliphatic heterocycles. The first-order valence-corrected chi connectivity index (χ1v) is 8.17. The number of rotatable bonds is 5. The Bertz CT molecular complexity index is 478. The van der Waals surface area contributed by atoms with Crippen LogP contribution in [0.25, 0.3) is 0 Å². The van der Waals surface area contributed by atoms with Crippen LogP contribution in [0, 0.1) is 11.8 Å². The molecule has 0 radical (unpaired) electrons. The molecular weight excluding hydrogens is 286 g/mol. The van der Waals surface area contributed by atoms with E-state index in [4.69, 9.17) is 26.8 Å². The molecule has 0 spiro atoms. The lowest BCUT2D eigenvalue weighted by molar-refractivity contribution is 0.196. The summed E-state index contributed by atoms with van der Waals surface area (Å²) in [7, 11) is 3.22. The van der Waals surface area contributed by atoms with Crippen LogP contribution in [0.15, 0.2) is 12.1 Å². The smallest absolute Gasteiger partial charge is 0.179 e. The Morgan fingerprint density at radius 3 is 2.57 bits per heavy atom. The standard InChI is InChI=1S/C17H26ClNO2/c1-4-11-7-5-6-8-13(11)16(19)12-9-14(18)17(21-3)15(10-12)20-2/h9-11,13,16H,4-8,19H2,1-3H3. The molecule has 0 bridgehead atoms. The van der Waals surface area contributed by atoms with Crippen LogP contribution in [0.2, 0.25) is 5.02 Å². The summed E-state index contributed by atoms with van der Waals surface area (Å²) >= 11 is 6.31. The molecular formula is C17H26ClNO2. The van der Waals surface area contributed by atoms with E-state index in [1.54, 1.807) is 14.2 Å². The molecule has 1 aliphatic carbocycles. The molecule has 1 saturated carbocycles. The fourth-order valence-corrected chi connectivity index (χ4v) is 3.89. The van der Waals surface area contributed by atoms with Crippen LogP contribution in [0.5, 0.6) is 11.5 Å². The third-order valence-corrected chi connectivity index (χ3v) is 5.08. The molecule has 21 heavy (non-hydrogen) atoms. The van der Waals surface area contributed by atoms with E-state index in [1.165, 1.54) is 32.1 Å². The Hall–Kier alpha value is -0.930. The van der Waals surface area contributed by atoms with Crippen molar-refractivity contribution in [1.29, 1.82) is 0 Å². The Labute approximate surface area is 132 Å². The summed E-state index contributed by atoms with van der Waals surface area (Å²) in [5, 5.41) is 0.561. The molecule has 0 aromatic heterocycles. The van der Waals surface area contributed by atoms with Gasteiger partial charge in [0.15, 0.2) is 11.5 Å². The van der Waals surface area contributed by atoms with Crippen molar-refractivity contribution in [3.63, 3.8) is 0 Å². The van der Waals surface area contributed by atoms with Crippen molar-refractivity contribution in [3.8, 4) is 11.5 Å². The molecule has 0 heterocycles. The van der Waals surface area contributed by atoms with Crippen molar-refractivity contribution >= 4 is 11.6 Å². The number of ether oxygens (including phenoxy) is 2. The van der Waals surface area contributed by atoms with E-state index in [-0.39, 0.29) is 6.04 Å². The first-order chi connectivity index (χ1) is 10.1. The van der Waals surface area contributed by atoms with Gasteiger partial charge in [0.1, 0.15) is 0 Å². The summed E-state index contributed by atoms with van der Waals surface area (Å²) in [4.78, 5) is 0. The highest BCUT2D eigenvalue weighted by Crippen LogP contribution is 2.43. The monoisotopic (exact) mass is 311 g/mol. The largest absolute Gasteiger partial charge is 0.493 e. The lowest BCUT2D eigenvalue weighted by Crippen LogP contribution is -2.30. The Morgan fingerprint density at radius 1 is 1.24 bits per heavy atom. The molecule has 1 aliphatic rings. The minimum absolute atomic E-state index is 0.00700. The van der Waals surface area contributed by atoms with Gasteiger partial charge in [0.2, 0.25) is 0 Å². The summed E-state index contributed by atoms with van der Waals surface area (Å²) < 4.78 is 10.7. The Morgan fingerprint density at radius 2 is 1.95 bits per heavy atom. The van der Waals surface area contributed by atoms with Gasteiger partial charge in [-0.1, -0.05) is 44.2 Å². The average molecular weight is 312 g/mol. The number of methoxy groups -OCH3 is 2. The predicted molar refractivity (Wildman–Crippen MR) is 87.2 cm³/mol. The fraction of sp³-hybridized carbons (Fsp3) is 0.647. The maximum absolute atomic E-state index is 6.56. The zero-order valence-electron chi connectivity index (χ0n) is 13.2. The van der Waals surface area contributed by atoms with Crippen LogP contribution < -0.4 is 15.2 Å². The quantitative estimate of drug-likeness (QED) is 0.866. The molecule has 4 heteroatoms. The molecule has 118 valence electrons. The molecule has 0 amide bonds. The predicted octanol–water partition coefficient (Wildman–Crippen LogP) is 4.57. The highest BCUT2D eigenvalue weighted by Gasteiger charge is 2.30. The van der Waals surface area contributed by atoms with E-state index in [2.05, 4.69) is 6.92 Å². The summed E-state index contributed by atoms with van der Waals surface area (Å²) in [6.45, 7) is 2.26. The zero-order valence-corrected chi connectivity index (χ0v) is 14.0. The normalized spacial score (nSPS) is 23.7. The molecule has 1 fully saturated rings. The van der Waals surface area contributed by atoms with E-state index in [0.29, 0.717) is 28.4 Å². The van der Waals surface area contributed by atoms with Crippen LogP contribution in [-0.2, 0) is 0 Å². The molecule has 1 aromatic rings. The van der Waals surface area contributed by atoms with Crippen molar-refractivity contribution in [2.45, 2.75) is 45.1 Å². The molecule has 0 saturated heterocycles. The van der Waals surface area contributed by atoms with Gasteiger partial charge in [-0.3, -0.25) is 0 Å². The summed E-state index contributed by atoms with van der Waals surface area (Å²) in [6.07, 6.45) is 6.28. The number of hydrogen-bond donors (Lipinski definition) is 1. The third-order valence-electron chi connectivity index (χ3n) is 4.79. The van der Waals surface area contributed by atoms with E-state index in [9.17, 15) is 0 Å². The van der Waals surface area contributed by atoms with Crippen molar-refractivity contribution in [1.82, 2.24) is 0 Å². The lowest BCUT2D eigenvalue weighted by Gasteiger charge is -2.35. The van der Waals surface area contributed by atoms with Crippen LogP contribution in [0.4, 0.5) is 0 Å². The second kappa shape index (κ2) is 7.37. The third kappa shape index (κ3) is 3.46. The average Bonchev–Trinajstić information content (AvgIpc) is 2.53. The van der Waals surface area contributed by atoms with Gasteiger partial charge < -0.3 is 15.2 Å². The second-order valence-corrected chi connectivity index (χ2v) is 6.29. The van der Waals surface area contributed by atoms with Crippen molar-refractivity contribution < 1.29 is 9.47 Å². The SMILES string of the molecule is CCC1CCCCC1C(N)c1cc(Cl)c(OC)c(OC)c1. The summed E-state index contributed by atoms with van der Waals surface area (Å²) in [6, 6.07) is 3.90. The van der Waals surface area contributed by atoms with Gasteiger partial charge in [-0.25, -0.2) is 0 Å². The Balaban J connectivity index is 2.29. The maximum atomic E-state index is 6.56. The second-order valence-electron chi connectivity index (χ2n) is 5.88. The van der Waals surface area contributed by atoms with Crippen molar-refractivity contribution in [2.75, 3.05) is 14.2 Å². The Kier molecular flexibility index (Phi) is 5.77. The van der Waals surface area contributed by atoms with E-state index >= 15 is 0 Å². The molecule has 2 N–H and O–H groups in total. The molecule has 1 aromatic carbocycles. The topological polar surface area (TPSA) is 44.5 Å². The van der Waals surface area contributed by atoms with E-state index in [1.807, 2.05) is 12.1 Å². The number of nitrogens with two attached hydrogens (primary N) is 1. The van der Waals surface area contributed by atoms with Gasteiger partial charge in [-0.15, -0.1) is 0 Å². The summed E-state index contributed by atoms with van der Waals surface area (Å²) in [5.74, 6) is 2.46. The van der Waals surface area contributed by atoms with E-state index in [0.717, 1.165) is 5.56 Å². The molecule has 3 nitrogen and oxygen atoms in total. The lowest BCUT2D eigenvalue weighted by atomic mass is 9.72.